The summed E-state index contributed by atoms with van der Waals surface area (Å²) in [7, 11) is -3.91. The second kappa shape index (κ2) is 13.1. The number of nitrogens with zero attached hydrogens (tertiary/aromatic N) is 2. The van der Waals surface area contributed by atoms with E-state index in [0.29, 0.717) is 16.1 Å². The zero-order chi connectivity index (χ0) is 28.7. The van der Waals surface area contributed by atoms with E-state index in [1.165, 1.54) is 29.2 Å². The second-order valence-electron chi connectivity index (χ2n) is 9.67. The number of sulfonamides is 1. The van der Waals surface area contributed by atoms with Gasteiger partial charge in [0.1, 0.15) is 18.4 Å². The highest BCUT2D eigenvalue weighted by Gasteiger charge is 2.33. The standard InChI is InChI=1S/C29H33ClFN3O4S/c1-20(2)32-29(36)27(17-22-9-6-5-7-10-22)33(18-23-13-15-24(31)16-14-23)28(35)19-34(39(4,37)38)26-12-8-11-25(30)21(26)3/h5-16,20,27H,17-19H2,1-4H3,(H,32,36). The molecule has 1 N–H and O–H groups in total. The average molecular weight is 574 g/mol. The van der Waals surface area contributed by atoms with Gasteiger partial charge in [0.15, 0.2) is 0 Å². The largest absolute Gasteiger partial charge is 0.352 e. The Morgan fingerprint density at radius 3 is 2.18 bits per heavy atom. The molecule has 208 valence electrons. The van der Waals surface area contributed by atoms with Gasteiger partial charge in [-0.1, -0.05) is 60.1 Å². The molecule has 0 spiro atoms. The van der Waals surface area contributed by atoms with Crippen LogP contribution in [0.2, 0.25) is 5.02 Å². The van der Waals surface area contributed by atoms with Crippen LogP contribution in [0.25, 0.3) is 0 Å². The summed E-state index contributed by atoms with van der Waals surface area (Å²) >= 11 is 6.26. The minimum Gasteiger partial charge on any atom is -0.352 e. The number of halogens is 2. The highest BCUT2D eigenvalue weighted by molar-refractivity contribution is 7.92. The minimum absolute atomic E-state index is 0.0335. The van der Waals surface area contributed by atoms with Gasteiger partial charge in [0.05, 0.1) is 11.9 Å². The number of carbonyl (C=O) groups excluding carboxylic acids is 2. The lowest BCUT2D eigenvalue weighted by Crippen LogP contribution is -2.54. The van der Waals surface area contributed by atoms with Crippen LogP contribution in [0.3, 0.4) is 0 Å². The Morgan fingerprint density at radius 1 is 0.949 bits per heavy atom. The third-order valence-corrected chi connectivity index (χ3v) is 7.69. The van der Waals surface area contributed by atoms with Crippen LogP contribution in [0.15, 0.2) is 72.8 Å². The van der Waals surface area contributed by atoms with Crippen LogP contribution in [0, 0.1) is 12.7 Å². The number of benzene rings is 3. The van der Waals surface area contributed by atoms with Gasteiger partial charge in [-0.15, -0.1) is 0 Å². The van der Waals surface area contributed by atoms with Crippen molar-refractivity contribution in [2.75, 3.05) is 17.1 Å². The molecule has 0 radical (unpaired) electrons. The van der Waals surface area contributed by atoms with Gasteiger partial charge in [0.2, 0.25) is 21.8 Å². The first-order valence-corrected chi connectivity index (χ1v) is 14.7. The van der Waals surface area contributed by atoms with Gasteiger partial charge in [-0.25, -0.2) is 12.8 Å². The number of anilines is 1. The fraction of sp³-hybridized carbons (Fsp3) is 0.310. The van der Waals surface area contributed by atoms with E-state index >= 15 is 0 Å². The van der Waals surface area contributed by atoms with Crippen molar-refractivity contribution >= 4 is 39.1 Å². The Balaban J connectivity index is 2.07. The molecule has 10 heteroatoms. The second-order valence-corrected chi connectivity index (χ2v) is 12.0. The van der Waals surface area contributed by atoms with Gasteiger partial charge in [-0.3, -0.25) is 13.9 Å². The van der Waals surface area contributed by atoms with E-state index < -0.39 is 34.3 Å². The fourth-order valence-electron chi connectivity index (χ4n) is 4.18. The van der Waals surface area contributed by atoms with Gasteiger partial charge in [-0.2, -0.15) is 0 Å². The number of rotatable bonds is 11. The van der Waals surface area contributed by atoms with Crippen molar-refractivity contribution in [3.8, 4) is 0 Å². The van der Waals surface area contributed by atoms with Gasteiger partial charge in [0.25, 0.3) is 0 Å². The molecule has 2 amide bonds. The summed E-state index contributed by atoms with van der Waals surface area (Å²) in [6.07, 6.45) is 1.21. The van der Waals surface area contributed by atoms with E-state index in [1.54, 1.807) is 25.1 Å². The first-order chi connectivity index (χ1) is 18.4. The van der Waals surface area contributed by atoms with Crippen molar-refractivity contribution in [2.45, 2.75) is 45.8 Å². The summed E-state index contributed by atoms with van der Waals surface area (Å²) in [5.74, 6) is -1.41. The Hall–Kier alpha value is -3.43. The molecule has 3 rings (SSSR count). The van der Waals surface area contributed by atoms with Crippen molar-refractivity contribution in [3.05, 3.63) is 100 Å². The van der Waals surface area contributed by atoms with E-state index in [9.17, 15) is 22.4 Å². The lowest BCUT2D eigenvalue weighted by molar-refractivity contribution is -0.140. The molecule has 3 aromatic rings. The monoisotopic (exact) mass is 573 g/mol. The molecule has 0 aromatic heterocycles. The lowest BCUT2D eigenvalue weighted by Gasteiger charge is -2.34. The highest BCUT2D eigenvalue weighted by atomic mass is 35.5. The third-order valence-electron chi connectivity index (χ3n) is 6.16. The molecule has 39 heavy (non-hydrogen) atoms. The Morgan fingerprint density at radius 2 is 1.59 bits per heavy atom. The summed E-state index contributed by atoms with van der Waals surface area (Å²) in [6.45, 7) is 4.72. The van der Waals surface area contributed by atoms with Gasteiger partial charge < -0.3 is 10.2 Å². The summed E-state index contributed by atoms with van der Waals surface area (Å²) < 4.78 is 40.4. The van der Waals surface area contributed by atoms with Crippen LogP contribution in [0.5, 0.6) is 0 Å². The molecular weight excluding hydrogens is 541 g/mol. The van der Waals surface area contributed by atoms with Crippen LogP contribution >= 0.6 is 11.6 Å². The highest BCUT2D eigenvalue weighted by Crippen LogP contribution is 2.28. The van der Waals surface area contributed by atoms with E-state index in [4.69, 9.17) is 11.6 Å². The van der Waals surface area contributed by atoms with Crippen molar-refractivity contribution in [3.63, 3.8) is 0 Å². The van der Waals surface area contributed by atoms with Gasteiger partial charge >= 0.3 is 0 Å². The molecule has 1 atom stereocenters. The Labute approximate surface area is 234 Å². The number of nitrogens with one attached hydrogen (secondary N) is 1. The molecule has 0 aliphatic carbocycles. The molecule has 1 unspecified atom stereocenters. The van der Waals surface area contributed by atoms with Crippen LogP contribution in [-0.4, -0.2) is 50.0 Å². The first kappa shape index (κ1) is 30.1. The summed E-state index contributed by atoms with van der Waals surface area (Å²) in [5.41, 5.74) is 2.18. The molecule has 0 heterocycles. The maximum absolute atomic E-state index is 14.0. The smallest absolute Gasteiger partial charge is 0.244 e. The number of hydrogen-bond acceptors (Lipinski definition) is 4. The molecule has 0 bridgehead atoms. The van der Waals surface area contributed by atoms with Crippen LogP contribution in [0.1, 0.15) is 30.5 Å². The fourth-order valence-corrected chi connectivity index (χ4v) is 5.25. The van der Waals surface area contributed by atoms with Crippen LogP contribution in [-0.2, 0) is 32.6 Å². The third kappa shape index (κ3) is 8.28. The van der Waals surface area contributed by atoms with Crippen molar-refractivity contribution < 1.29 is 22.4 Å². The zero-order valence-corrected chi connectivity index (χ0v) is 24.0. The quantitative estimate of drug-likeness (QED) is 0.360. The van der Waals surface area contributed by atoms with Crippen LogP contribution < -0.4 is 9.62 Å². The molecule has 0 saturated carbocycles. The predicted molar refractivity (Wildman–Crippen MR) is 153 cm³/mol. The average Bonchev–Trinajstić information content (AvgIpc) is 2.87. The van der Waals surface area contributed by atoms with Gasteiger partial charge in [0, 0.05) is 24.0 Å². The summed E-state index contributed by atoms with van der Waals surface area (Å²) in [6, 6.07) is 18.5. The molecule has 0 fully saturated rings. The Kier molecular flexibility index (Phi) is 10.1. The molecular formula is C29H33ClFN3O4S. The summed E-state index contributed by atoms with van der Waals surface area (Å²) in [5, 5.41) is 3.24. The first-order valence-electron chi connectivity index (χ1n) is 12.5. The number of carbonyl (C=O) groups is 2. The van der Waals surface area contributed by atoms with E-state index in [0.717, 1.165) is 16.1 Å². The van der Waals surface area contributed by atoms with Crippen molar-refractivity contribution in [1.29, 1.82) is 0 Å². The topological polar surface area (TPSA) is 86.8 Å². The van der Waals surface area contributed by atoms with Crippen LogP contribution in [0.4, 0.5) is 10.1 Å². The molecule has 3 aromatic carbocycles. The predicted octanol–water partition coefficient (Wildman–Crippen LogP) is 4.72. The maximum atomic E-state index is 14.0. The van der Waals surface area contributed by atoms with Crippen molar-refractivity contribution in [2.24, 2.45) is 0 Å². The van der Waals surface area contributed by atoms with E-state index in [2.05, 4.69) is 5.32 Å². The van der Waals surface area contributed by atoms with Crippen molar-refractivity contribution in [1.82, 2.24) is 10.2 Å². The zero-order valence-electron chi connectivity index (χ0n) is 22.4. The molecule has 0 aliphatic rings. The van der Waals surface area contributed by atoms with E-state index in [1.807, 2.05) is 44.2 Å². The minimum atomic E-state index is -3.91. The van der Waals surface area contributed by atoms with E-state index in [-0.39, 0.29) is 30.6 Å². The SMILES string of the molecule is Cc1c(Cl)cccc1N(CC(=O)N(Cc1ccc(F)cc1)C(Cc1ccccc1)C(=O)NC(C)C)S(C)(=O)=O. The Bertz CT molecular complexity index is 1400. The molecule has 7 nitrogen and oxygen atoms in total. The number of amides is 2. The van der Waals surface area contributed by atoms with Gasteiger partial charge in [-0.05, 0) is 61.7 Å². The lowest BCUT2D eigenvalue weighted by atomic mass is 10.0. The summed E-state index contributed by atoms with van der Waals surface area (Å²) in [4.78, 5) is 28.8. The molecule has 0 aliphatic heterocycles. The number of hydrogen-bond donors (Lipinski definition) is 1. The normalized spacial score (nSPS) is 12.2. The molecule has 0 saturated heterocycles. The maximum Gasteiger partial charge on any atom is 0.244 e.